The molecule has 0 N–H and O–H groups in total. The smallest absolute Gasteiger partial charge is 0.186 e. The number of aromatic nitrogens is 1. The lowest BCUT2D eigenvalue weighted by atomic mass is 9.71. The van der Waals surface area contributed by atoms with Gasteiger partial charge in [0.2, 0.25) is 0 Å². The summed E-state index contributed by atoms with van der Waals surface area (Å²) in [6.45, 7) is 26.4. The zero-order valence-electron chi connectivity index (χ0n) is 35.4. The van der Waals surface area contributed by atoms with Crippen LogP contribution < -0.4 is 0 Å². The number of carbonyl (C=O) groups is 2. The molecule has 0 amide bonds. The number of halogens is 2. The summed E-state index contributed by atoms with van der Waals surface area (Å²) in [6, 6.07) is 18.1. The molecule has 2 aliphatic carbocycles. The highest BCUT2D eigenvalue weighted by Gasteiger charge is 2.36. The van der Waals surface area contributed by atoms with Gasteiger partial charge in [-0.1, -0.05) is 106 Å². The third kappa shape index (κ3) is 10.4. The highest BCUT2D eigenvalue weighted by Crippen LogP contribution is 2.43. The monoisotopic (exact) mass is 801 g/mol. The van der Waals surface area contributed by atoms with Crippen molar-refractivity contribution in [2.45, 2.75) is 90.0 Å². The van der Waals surface area contributed by atoms with E-state index >= 15 is 0 Å². The molecule has 0 saturated heterocycles. The number of hydrogen-bond acceptors (Lipinski definition) is 7. The number of ketones is 2. The molecule has 0 spiro atoms. The van der Waals surface area contributed by atoms with Crippen molar-refractivity contribution in [3.63, 3.8) is 0 Å². The maximum Gasteiger partial charge on any atom is 0.186 e. The fourth-order valence-electron chi connectivity index (χ4n) is 6.41. The Hall–Kier alpha value is -4.85. The second-order valence-electron chi connectivity index (χ2n) is 18.8. The average molecular weight is 803 g/mol. The molecule has 1 heterocycles. The van der Waals surface area contributed by atoms with Crippen molar-refractivity contribution in [3.05, 3.63) is 145 Å². The Kier molecular flexibility index (Phi) is 12.3. The number of azo groups is 2. The Morgan fingerprint density at radius 1 is 0.491 bits per heavy atom. The van der Waals surface area contributed by atoms with Gasteiger partial charge in [0.05, 0.1) is 22.8 Å². The Morgan fingerprint density at radius 2 is 0.772 bits per heavy atom. The molecule has 5 rings (SSSR count). The van der Waals surface area contributed by atoms with Crippen LogP contribution in [0.2, 0.25) is 10.0 Å². The fraction of sp³-hybridized carbons (Fsp3) is 0.354. The van der Waals surface area contributed by atoms with Crippen LogP contribution in [-0.2, 0) is 9.59 Å². The molecule has 0 fully saturated rings. The van der Waals surface area contributed by atoms with Gasteiger partial charge in [-0.3, -0.25) is 9.59 Å². The molecule has 0 atom stereocenters. The van der Waals surface area contributed by atoms with Crippen molar-refractivity contribution in [3.8, 4) is 0 Å². The number of pyridine rings is 1. The quantitative estimate of drug-likeness (QED) is 0.232. The molecule has 0 unspecified atom stereocenters. The van der Waals surface area contributed by atoms with Crippen molar-refractivity contribution in [2.24, 2.45) is 42.1 Å². The van der Waals surface area contributed by atoms with Crippen LogP contribution in [0.15, 0.2) is 139 Å². The van der Waals surface area contributed by atoms with Gasteiger partial charge in [-0.25, -0.2) is 4.98 Å². The van der Waals surface area contributed by atoms with Crippen LogP contribution in [0.4, 0.5) is 11.4 Å². The number of allylic oxidation sites excluding steroid dienone is 10. The van der Waals surface area contributed by atoms with Crippen LogP contribution in [-0.4, -0.2) is 16.6 Å². The van der Waals surface area contributed by atoms with Crippen molar-refractivity contribution in [1.29, 1.82) is 0 Å². The lowest BCUT2D eigenvalue weighted by Gasteiger charge is -2.31. The Morgan fingerprint density at radius 3 is 1.04 bits per heavy atom. The summed E-state index contributed by atoms with van der Waals surface area (Å²) in [7, 11) is 0. The second-order valence-corrected chi connectivity index (χ2v) is 19.6. The normalized spacial score (nSPS) is 15.9. The average Bonchev–Trinajstić information content (AvgIpc) is 3.09. The molecular weight excluding hydrogens is 749 g/mol. The summed E-state index contributed by atoms with van der Waals surface area (Å²) in [4.78, 5) is 33.3. The van der Waals surface area contributed by atoms with E-state index in [-0.39, 0.29) is 11.6 Å². The van der Waals surface area contributed by atoms with E-state index in [1.54, 1.807) is 48.5 Å². The van der Waals surface area contributed by atoms with E-state index < -0.39 is 21.7 Å². The standard InChI is InChI=1S/C48H53Cl2N5O2/c1-28-22-39(41(54-52-33-18-14-31(49)15-19-33)29-24-35(45(2,3)4)43(56)36(25-29)46(5,6)7)51-40(23-28)42(55-53-34-20-16-32(50)17-21-34)30-26-37(47(8,9)10)44(57)38(27-30)48(11,12)13/h14-27H,1-13H3. The van der Waals surface area contributed by atoms with Gasteiger partial charge >= 0.3 is 0 Å². The molecule has 2 aromatic carbocycles. The first-order valence-electron chi connectivity index (χ1n) is 19.1. The molecule has 3 aromatic rings. The highest BCUT2D eigenvalue weighted by atomic mass is 35.5. The molecule has 1 aromatic heterocycles. The van der Waals surface area contributed by atoms with E-state index in [4.69, 9.17) is 38.4 Å². The van der Waals surface area contributed by atoms with Crippen LogP contribution in [0.25, 0.3) is 11.4 Å². The van der Waals surface area contributed by atoms with Gasteiger partial charge in [0.1, 0.15) is 11.4 Å². The van der Waals surface area contributed by atoms with E-state index in [0.717, 1.165) is 5.56 Å². The van der Waals surface area contributed by atoms with Gasteiger partial charge in [-0.15, -0.1) is 10.2 Å². The van der Waals surface area contributed by atoms with Crippen LogP contribution in [0.1, 0.15) is 100 Å². The number of rotatable bonds is 6. The fourth-order valence-corrected chi connectivity index (χ4v) is 6.67. The minimum absolute atomic E-state index is 0.00925. The van der Waals surface area contributed by atoms with E-state index in [1.165, 1.54) is 0 Å². The second kappa shape index (κ2) is 16.2. The maximum atomic E-state index is 14.0. The first kappa shape index (κ1) is 43.3. The number of aryl methyl sites for hydroxylation is 1. The van der Waals surface area contributed by atoms with Crippen LogP contribution in [0, 0.1) is 28.6 Å². The van der Waals surface area contributed by atoms with E-state index in [9.17, 15) is 9.59 Å². The zero-order chi connectivity index (χ0) is 42.2. The molecule has 57 heavy (non-hydrogen) atoms. The van der Waals surface area contributed by atoms with Crippen molar-refractivity contribution in [1.82, 2.24) is 4.98 Å². The summed E-state index contributed by atoms with van der Waals surface area (Å²) in [6.07, 6.45) is 7.67. The lowest BCUT2D eigenvalue weighted by Crippen LogP contribution is -2.28. The summed E-state index contributed by atoms with van der Waals surface area (Å²) in [5.74, 6) is 0.0185. The minimum Gasteiger partial charge on any atom is -0.289 e. The highest BCUT2D eigenvalue weighted by molar-refractivity contribution is 6.30. The number of nitrogens with zero attached hydrogens (tertiary/aromatic N) is 5. The van der Waals surface area contributed by atoms with Crippen molar-refractivity contribution < 1.29 is 9.59 Å². The first-order chi connectivity index (χ1) is 26.3. The van der Waals surface area contributed by atoms with Crippen LogP contribution >= 0.6 is 23.2 Å². The maximum absolute atomic E-state index is 14.0. The van der Waals surface area contributed by atoms with Gasteiger partial charge < -0.3 is 0 Å². The van der Waals surface area contributed by atoms with Gasteiger partial charge in [0.25, 0.3) is 0 Å². The van der Waals surface area contributed by atoms with Crippen molar-refractivity contribution in [2.75, 3.05) is 0 Å². The van der Waals surface area contributed by atoms with Gasteiger partial charge in [0, 0.05) is 43.5 Å². The molecule has 2 aliphatic rings. The number of Topliss-reactive ketones (excluding diaryl/α,β-unsaturated/α-hetero) is 2. The third-order valence-electron chi connectivity index (χ3n) is 9.60. The predicted octanol–water partition coefficient (Wildman–Crippen LogP) is 14.7. The Bertz CT molecular complexity index is 2120. The van der Waals surface area contributed by atoms with Gasteiger partial charge in [0.15, 0.2) is 11.6 Å². The molecule has 0 bridgehead atoms. The SMILES string of the molecule is Cc1cc(C(N=Nc2ccc(Cl)cc2)=C2C=C(C(C)(C)C)C(=O)C(C(C)(C)C)=C2)nc(C(N=Nc2ccc(Cl)cc2)=C2C=C(C(C)(C)C)C(=O)C(C(C)(C)C)=C2)c1. The van der Waals surface area contributed by atoms with Gasteiger partial charge in [-0.05, 0) is 119 Å². The molecular formula is C48H53Cl2N5O2. The Labute approximate surface area is 348 Å². The topological polar surface area (TPSA) is 96.5 Å². The molecule has 296 valence electrons. The summed E-state index contributed by atoms with van der Waals surface area (Å²) < 4.78 is 0. The number of hydrogen-bond donors (Lipinski definition) is 0. The predicted molar refractivity (Wildman–Crippen MR) is 235 cm³/mol. The minimum atomic E-state index is -0.455. The van der Waals surface area contributed by atoms with Gasteiger partial charge in [-0.2, -0.15) is 10.2 Å². The van der Waals surface area contributed by atoms with E-state index in [1.807, 2.05) is 126 Å². The largest absolute Gasteiger partial charge is 0.289 e. The lowest BCUT2D eigenvalue weighted by molar-refractivity contribution is -0.114. The molecule has 0 radical (unpaired) electrons. The van der Waals surface area contributed by atoms with E-state index in [2.05, 4.69) is 10.2 Å². The number of carbonyl (C=O) groups excluding carboxylic acids is 2. The molecule has 0 saturated carbocycles. The molecule has 0 aliphatic heterocycles. The number of benzene rings is 2. The Balaban J connectivity index is 1.89. The summed E-state index contributed by atoms with van der Waals surface area (Å²) in [5, 5.41) is 20.2. The zero-order valence-corrected chi connectivity index (χ0v) is 36.9. The van der Waals surface area contributed by atoms with Crippen molar-refractivity contribution >= 4 is 57.5 Å². The molecule has 7 nitrogen and oxygen atoms in total. The molecule has 9 heteroatoms. The third-order valence-corrected chi connectivity index (χ3v) is 10.1. The van der Waals surface area contributed by atoms with Crippen LogP contribution in [0.3, 0.4) is 0 Å². The van der Waals surface area contributed by atoms with Crippen LogP contribution in [0.5, 0.6) is 0 Å². The summed E-state index contributed by atoms with van der Waals surface area (Å²) in [5.41, 5.74) is 6.34. The summed E-state index contributed by atoms with van der Waals surface area (Å²) >= 11 is 12.4. The van der Waals surface area contributed by atoms with E-state index in [0.29, 0.717) is 77.6 Å². The first-order valence-corrected chi connectivity index (χ1v) is 19.9.